The van der Waals surface area contributed by atoms with E-state index in [2.05, 4.69) is 9.88 Å². The number of imidazole rings is 1. The van der Waals surface area contributed by atoms with E-state index < -0.39 is 10.0 Å². The smallest absolute Gasteiger partial charge is 0.262 e. The minimum absolute atomic E-state index is 0.0806. The third kappa shape index (κ3) is 3.25. The van der Waals surface area contributed by atoms with Crippen LogP contribution in [0.4, 0.5) is 0 Å². The van der Waals surface area contributed by atoms with Crippen LogP contribution in [0.15, 0.2) is 17.6 Å². The number of sulfonamides is 1. The summed E-state index contributed by atoms with van der Waals surface area (Å²) >= 11 is 0. The van der Waals surface area contributed by atoms with E-state index in [1.165, 1.54) is 16.8 Å². The molecule has 3 N–H and O–H groups in total. The van der Waals surface area contributed by atoms with Crippen molar-refractivity contribution in [3.63, 3.8) is 0 Å². The van der Waals surface area contributed by atoms with Crippen LogP contribution in [0.1, 0.15) is 13.3 Å². The van der Waals surface area contributed by atoms with Gasteiger partial charge in [0.2, 0.25) is 0 Å². The third-order valence-electron chi connectivity index (χ3n) is 3.75. The minimum Gasteiger partial charge on any atom is -0.386 e. The van der Waals surface area contributed by atoms with Crippen molar-refractivity contribution in [3.8, 4) is 0 Å². The van der Waals surface area contributed by atoms with Crippen LogP contribution >= 0.6 is 0 Å². The molecule has 2 rings (SSSR count). The van der Waals surface area contributed by atoms with Crippen molar-refractivity contribution in [2.75, 3.05) is 26.2 Å². The Morgan fingerprint density at radius 2 is 2.05 bits per heavy atom. The first kappa shape index (κ1) is 15.9. The van der Waals surface area contributed by atoms with Crippen LogP contribution < -0.4 is 5.73 Å². The fourth-order valence-corrected chi connectivity index (χ4v) is 3.97. The number of nitrogens with zero attached hydrogens (tertiary/aromatic N) is 4. The highest BCUT2D eigenvalue weighted by molar-refractivity contribution is 7.89. The summed E-state index contributed by atoms with van der Waals surface area (Å²) in [5.74, 6) is 0.138. The van der Waals surface area contributed by atoms with Gasteiger partial charge >= 0.3 is 0 Å². The summed E-state index contributed by atoms with van der Waals surface area (Å²) in [5, 5.41) is 7.67. The Morgan fingerprint density at radius 1 is 1.43 bits per heavy atom. The number of rotatable bonds is 5. The van der Waals surface area contributed by atoms with Gasteiger partial charge in [0.15, 0.2) is 5.03 Å². The van der Waals surface area contributed by atoms with Crippen molar-refractivity contribution in [1.29, 1.82) is 5.41 Å². The number of aromatic nitrogens is 2. The molecular formula is C12H22N6O2S. The molecule has 1 aliphatic rings. The van der Waals surface area contributed by atoms with Gasteiger partial charge in [-0.05, 0) is 6.42 Å². The summed E-state index contributed by atoms with van der Waals surface area (Å²) in [6, 6.07) is -0.107. The van der Waals surface area contributed by atoms with E-state index in [4.69, 9.17) is 11.1 Å². The Bertz CT molecular complexity index is 603. The van der Waals surface area contributed by atoms with E-state index in [0.717, 1.165) is 6.42 Å². The minimum atomic E-state index is -3.53. The lowest BCUT2D eigenvalue weighted by Gasteiger charge is -2.37. The molecule has 2 heterocycles. The SMILES string of the molecule is CCC(C(=N)N)N1CCN(S(=O)(=O)c2cn(C)cn2)CC1. The van der Waals surface area contributed by atoms with Gasteiger partial charge < -0.3 is 10.3 Å². The summed E-state index contributed by atoms with van der Waals surface area (Å²) in [5.41, 5.74) is 5.59. The average molecular weight is 314 g/mol. The Kier molecular flexibility index (Phi) is 4.64. The van der Waals surface area contributed by atoms with Gasteiger partial charge in [-0.15, -0.1) is 0 Å². The molecule has 0 bridgehead atoms. The zero-order valence-corrected chi connectivity index (χ0v) is 13.2. The number of amidine groups is 1. The van der Waals surface area contributed by atoms with Gasteiger partial charge in [0.25, 0.3) is 10.0 Å². The predicted octanol–water partition coefficient (Wildman–Crippen LogP) is -0.559. The normalized spacial score (nSPS) is 19.5. The first-order chi connectivity index (χ1) is 9.86. The second-order valence-electron chi connectivity index (χ2n) is 5.20. The first-order valence-corrected chi connectivity index (χ1v) is 8.36. The number of hydrogen-bond acceptors (Lipinski definition) is 5. The van der Waals surface area contributed by atoms with Crippen LogP contribution in [0.25, 0.3) is 0 Å². The Balaban J connectivity index is 2.05. The maximum absolute atomic E-state index is 12.4. The zero-order valence-electron chi connectivity index (χ0n) is 12.4. The molecule has 21 heavy (non-hydrogen) atoms. The van der Waals surface area contributed by atoms with Gasteiger partial charge in [-0.3, -0.25) is 10.3 Å². The third-order valence-corrected chi connectivity index (χ3v) is 5.53. The summed E-state index contributed by atoms with van der Waals surface area (Å²) in [6.45, 7) is 3.91. The Hall–Kier alpha value is -1.45. The van der Waals surface area contributed by atoms with Crippen molar-refractivity contribution in [1.82, 2.24) is 18.8 Å². The maximum atomic E-state index is 12.4. The van der Waals surface area contributed by atoms with Crippen LogP contribution in [-0.4, -0.2) is 65.2 Å². The molecule has 1 fully saturated rings. The number of hydrogen-bond donors (Lipinski definition) is 2. The summed E-state index contributed by atoms with van der Waals surface area (Å²) < 4.78 is 28.0. The second-order valence-corrected chi connectivity index (χ2v) is 7.08. The molecule has 8 nitrogen and oxygen atoms in total. The highest BCUT2D eigenvalue weighted by atomic mass is 32.2. The Morgan fingerprint density at radius 3 is 2.48 bits per heavy atom. The van der Waals surface area contributed by atoms with Crippen molar-refractivity contribution < 1.29 is 8.42 Å². The standard InChI is InChI=1S/C12H22N6O2S/c1-3-10(12(13)14)17-4-6-18(7-5-17)21(19,20)11-8-16(2)9-15-11/h8-10H,3-7H2,1-2H3,(H3,13,14). The largest absolute Gasteiger partial charge is 0.386 e. The van der Waals surface area contributed by atoms with E-state index in [9.17, 15) is 8.42 Å². The van der Waals surface area contributed by atoms with E-state index in [1.807, 2.05) is 6.92 Å². The Labute approximate surface area is 125 Å². The zero-order chi connectivity index (χ0) is 15.6. The van der Waals surface area contributed by atoms with Gasteiger partial charge in [-0.1, -0.05) is 6.92 Å². The molecule has 0 amide bonds. The van der Waals surface area contributed by atoms with Crippen molar-refractivity contribution in [2.24, 2.45) is 12.8 Å². The lowest BCUT2D eigenvalue weighted by molar-refractivity contribution is 0.163. The number of aryl methyl sites for hydroxylation is 1. The van der Waals surface area contributed by atoms with Crippen LogP contribution in [0.5, 0.6) is 0 Å². The second kappa shape index (κ2) is 6.12. The molecule has 0 aliphatic carbocycles. The fourth-order valence-electron chi connectivity index (χ4n) is 2.58. The number of piperazine rings is 1. The van der Waals surface area contributed by atoms with Crippen molar-refractivity contribution in [3.05, 3.63) is 12.5 Å². The highest BCUT2D eigenvalue weighted by Crippen LogP contribution is 2.17. The van der Waals surface area contributed by atoms with Gasteiger partial charge in [0, 0.05) is 39.4 Å². The highest BCUT2D eigenvalue weighted by Gasteiger charge is 2.32. The van der Waals surface area contributed by atoms with Gasteiger partial charge in [0.1, 0.15) is 5.84 Å². The fraction of sp³-hybridized carbons (Fsp3) is 0.667. The molecule has 118 valence electrons. The molecule has 1 saturated heterocycles. The van der Waals surface area contributed by atoms with Crippen LogP contribution in [-0.2, 0) is 17.1 Å². The molecule has 0 aromatic carbocycles. The predicted molar refractivity (Wildman–Crippen MR) is 79.5 cm³/mol. The van der Waals surface area contributed by atoms with Gasteiger partial charge in [-0.2, -0.15) is 4.31 Å². The summed E-state index contributed by atoms with van der Waals surface area (Å²) in [6.07, 6.45) is 3.74. The van der Waals surface area contributed by atoms with Crippen LogP contribution in [0.3, 0.4) is 0 Å². The van der Waals surface area contributed by atoms with Crippen LogP contribution in [0, 0.1) is 5.41 Å². The number of nitrogens with one attached hydrogen (secondary N) is 1. The number of nitrogens with two attached hydrogens (primary N) is 1. The van der Waals surface area contributed by atoms with Gasteiger partial charge in [-0.25, -0.2) is 13.4 Å². The topological polar surface area (TPSA) is 108 Å². The lowest BCUT2D eigenvalue weighted by Crippen LogP contribution is -2.54. The van der Waals surface area contributed by atoms with Crippen LogP contribution in [0.2, 0.25) is 0 Å². The first-order valence-electron chi connectivity index (χ1n) is 6.92. The molecule has 1 aromatic heterocycles. The van der Waals surface area contributed by atoms with Crippen molar-refractivity contribution in [2.45, 2.75) is 24.4 Å². The lowest BCUT2D eigenvalue weighted by atomic mass is 10.1. The molecular weight excluding hydrogens is 292 g/mol. The van der Waals surface area contributed by atoms with E-state index in [1.54, 1.807) is 11.6 Å². The van der Waals surface area contributed by atoms with Crippen molar-refractivity contribution >= 4 is 15.9 Å². The molecule has 0 radical (unpaired) electrons. The van der Waals surface area contributed by atoms with E-state index in [-0.39, 0.29) is 16.9 Å². The molecule has 1 aliphatic heterocycles. The average Bonchev–Trinajstić information content (AvgIpc) is 2.87. The molecule has 1 unspecified atom stereocenters. The summed E-state index contributed by atoms with van der Waals surface area (Å²) in [4.78, 5) is 5.99. The van der Waals surface area contributed by atoms with E-state index in [0.29, 0.717) is 26.2 Å². The monoisotopic (exact) mass is 314 g/mol. The summed E-state index contributed by atoms with van der Waals surface area (Å²) in [7, 11) is -1.79. The quantitative estimate of drug-likeness (QED) is 0.559. The molecule has 9 heteroatoms. The molecule has 0 spiro atoms. The molecule has 0 saturated carbocycles. The maximum Gasteiger partial charge on any atom is 0.262 e. The van der Waals surface area contributed by atoms with E-state index >= 15 is 0 Å². The van der Waals surface area contributed by atoms with Gasteiger partial charge in [0.05, 0.1) is 12.4 Å². The molecule has 1 aromatic rings. The molecule has 1 atom stereocenters.